The third-order valence-electron chi connectivity index (χ3n) is 5.43. The molecule has 0 spiro atoms. The van der Waals surface area contributed by atoms with E-state index in [9.17, 15) is 0 Å². The number of rotatable bonds is 4. The summed E-state index contributed by atoms with van der Waals surface area (Å²) in [5.41, 5.74) is 6.41. The van der Waals surface area contributed by atoms with Crippen LogP contribution in [0.15, 0.2) is 0 Å². The fourth-order valence-electron chi connectivity index (χ4n) is 3.98. The van der Waals surface area contributed by atoms with Crippen LogP contribution < -0.4 is 5.73 Å². The molecule has 0 amide bonds. The topological polar surface area (TPSA) is 32.5 Å². The average Bonchev–Trinajstić information content (AvgIpc) is 3.12. The maximum Gasteiger partial charge on any atom is 0.0306 e. The van der Waals surface area contributed by atoms with Gasteiger partial charge in [0, 0.05) is 31.2 Å². The summed E-state index contributed by atoms with van der Waals surface area (Å²) in [6.45, 7) is 8.41. The summed E-state index contributed by atoms with van der Waals surface area (Å²) in [5.74, 6) is 0.974. The van der Waals surface area contributed by atoms with Crippen LogP contribution in [0.2, 0.25) is 0 Å². The third-order valence-corrected chi connectivity index (χ3v) is 5.43. The summed E-state index contributed by atoms with van der Waals surface area (Å²) in [5, 5.41) is 0. The monoisotopic (exact) mass is 251 g/mol. The molecule has 1 aliphatic carbocycles. The van der Waals surface area contributed by atoms with Gasteiger partial charge < -0.3 is 5.73 Å². The van der Waals surface area contributed by atoms with Gasteiger partial charge in [-0.25, -0.2) is 0 Å². The van der Waals surface area contributed by atoms with Crippen molar-refractivity contribution in [2.75, 3.05) is 32.7 Å². The SMILES string of the molecule is CC(CN)(CC1CC1)N1CCCN2CCCC2C1. The molecule has 0 aromatic carbocycles. The number of fused-ring (bicyclic) bond motifs is 1. The van der Waals surface area contributed by atoms with Crippen LogP contribution in [0.25, 0.3) is 0 Å². The van der Waals surface area contributed by atoms with Crippen molar-refractivity contribution >= 4 is 0 Å². The van der Waals surface area contributed by atoms with Crippen LogP contribution in [0.1, 0.15) is 45.4 Å². The van der Waals surface area contributed by atoms with Crippen molar-refractivity contribution in [3.05, 3.63) is 0 Å². The van der Waals surface area contributed by atoms with E-state index in [-0.39, 0.29) is 5.54 Å². The molecular formula is C15H29N3. The summed E-state index contributed by atoms with van der Waals surface area (Å²) in [7, 11) is 0. The van der Waals surface area contributed by atoms with Crippen molar-refractivity contribution < 1.29 is 0 Å². The highest BCUT2D eigenvalue weighted by molar-refractivity contribution is 4.96. The van der Waals surface area contributed by atoms with E-state index < -0.39 is 0 Å². The van der Waals surface area contributed by atoms with Gasteiger partial charge in [-0.1, -0.05) is 12.8 Å². The fourth-order valence-corrected chi connectivity index (χ4v) is 3.98. The third kappa shape index (κ3) is 2.59. The molecule has 1 saturated carbocycles. The normalized spacial score (nSPS) is 34.0. The largest absolute Gasteiger partial charge is 0.329 e. The predicted molar refractivity (Wildman–Crippen MR) is 75.6 cm³/mol. The summed E-state index contributed by atoms with van der Waals surface area (Å²) in [4.78, 5) is 5.45. The quantitative estimate of drug-likeness (QED) is 0.825. The van der Waals surface area contributed by atoms with E-state index in [4.69, 9.17) is 5.73 Å². The Morgan fingerprint density at radius 2 is 1.89 bits per heavy atom. The molecule has 0 bridgehead atoms. The minimum atomic E-state index is 0.264. The van der Waals surface area contributed by atoms with Gasteiger partial charge in [0.25, 0.3) is 0 Å². The molecule has 2 atom stereocenters. The van der Waals surface area contributed by atoms with Crippen molar-refractivity contribution in [1.29, 1.82) is 0 Å². The first kappa shape index (κ1) is 12.9. The van der Waals surface area contributed by atoms with E-state index >= 15 is 0 Å². The van der Waals surface area contributed by atoms with Crippen molar-refractivity contribution in [3.63, 3.8) is 0 Å². The highest BCUT2D eigenvalue weighted by atomic mass is 15.3. The summed E-state index contributed by atoms with van der Waals surface area (Å²) >= 11 is 0. The fraction of sp³-hybridized carbons (Fsp3) is 1.00. The first-order valence-corrected chi connectivity index (χ1v) is 7.90. The molecule has 3 aliphatic rings. The molecule has 3 nitrogen and oxygen atoms in total. The molecule has 2 unspecified atom stereocenters. The first-order valence-electron chi connectivity index (χ1n) is 7.90. The highest BCUT2D eigenvalue weighted by Gasteiger charge is 2.40. The number of nitrogens with two attached hydrogens (primary N) is 1. The molecule has 0 aromatic heterocycles. The Bertz CT molecular complexity index is 289. The first-order chi connectivity index (χ1) is 8.71. The molecule has 2 saturated heterocycles. The molecule has 0 aromatic rings. The Labute approximate surface area is 112 Å². The Morgan fingerprint density at radius 1 is 1.11 bits per heavy atom. The van der Waals surface area contributed by atoms with Crippen LogP contribution >= 0.6 is 0 Å². The zero-order valence-corrected chi connectivity index (χ0v) is 11.9. The predicted octanol–water partition coefficient (Wildman–Crippen LogP) is 1.67. The van der Waals surface area contributed by atoms with Gasteiger partial charge in [0.1, 0.15) is 0 Å². The van der Waals surface area contributed by atoms with Gasteiger partial charge in [-0.3, -0.25) is 9.80 Å². The average molecular weight is 251 g/mol. The minimum absolute atomic E-state index is 0.264. The molecule has 2 aliphatic heterocycles. The van der Waals surface area contributed by atoms with Gasteiger partial charge in [0.15, 0.2) is 0 Å². The van der Waals surface area contributed by atoms with Gasteiger partial charge in [0.2, 0.25) is 0 Å². The Kier molecular flexibility index (Phi) is 3.65. The van der Waals surface area contributed by atoms with E-state index in [1.807, 2.05) is 0 Å². The van der Waals surface area contributed by atoms with Crippen molar-refractivity contribution in [2.45, 2.75) is 57.0 Å². The van der Waals surface area contributed by atoms with E-state index in [2.05, 4.69) is 16.7 Å². The lowest BCUT2D eigenvalue weighted by atomic mass is 9.91. The lowest BCUT2D eigenvalue weighted by molar-refractivity contribution is 0.0865. The van der Waals surface area contributed by atoms with Crippen LogP contribution in [0.5, 0.6) is 0 Å². The molecule has 0 radical (unpaired) electrons. The van der Waals surface area contributed by atoms with Crippen LogP contribution in [0.4, 0.5) is 0 Å². The van der Waals surface area contributed by atoms with Crippen molar-refractivity contribution in [2.24, 2.45) is 11.7 Å². The van der Waals surface area contributed by atoms with Gasteiger partial charge in [-0.15, -0.1) is 0 Å². The van der Waals surface area contributed by atoms with Crippen LogP contribution in [-0.4, -0.2) is 54.1 Å². The van der Waals surface area contributed by atoms with E-state index in [1.165, 1.54) is 64.7 Å². The minimum Gasteiger partial charge on any atom is -0.329 e. The molecule has 2 N–H and O–H groups in total. The number of hydrogen-bond acceptors (Lipinski definition) is 3. The molecular weight excluding hydrogens is 222 g/mol. The van der Waals surface area contributed by atoms with Crippen molar-refractivity contribution in [3.8, 4) is 0 Å². The molecule has 3 rings (SSSR count). The summed E-state index contributed by atoms with van der Waals surface area (Å²) in [6, 6.07) is 0.817. The highest BCUT2D eigenvalue weighted by Crippen LogP contribution is 2.39. The van der Waals surface area contributed by atoms with Gasteiger partial charge in [0.05, 0.1) is 0 Å². The van der Waals surface area contributed by atoms with Crippen LogP contribution in [-0.2, 0) is 0 Å². The Balaban J connectivity index is 1.68. The lowest BCUT2D eigenvalue weighted by Crippen LogP contribution is -2.54. The Morgan fingerprint density at radius 3 is 2.61 bits per heavy atom. The second kappa shape index (κ2) is 5.10. The molecule has 104 valence electrons. The zero-order valence-electron chi connectivity index (χ0n) is 11.9. The maximum atomic E-state index is 6.15. The Hall–Kier alpha value is -0.120. The molecule has 3 fully saturated rings. The van der Waals surface area contributed by atoms with Crippen LogP contribution in [0.3, 0.4) is 0 Å². The van der Waals surface area contributed by atoms with Crippen molar-refractivity contribution in [1.82, 2.24) is 9.80 Å². The second-order valence-electron chi connectivity index (χ2n) is 6.98. The number of nitrogens with zero attached hydrogens (tertiary/aromatic N) is 2. The molecule has 2 heterocycles. The smallest absolute Gasteiger partial charge is 0.0306 e. The zero-order chi connectivity index (χ0) is 12.6. The van der Waals surface area contributed by atoms with E-state index in [0.717, 1.165) is 18.5 Å². The molecule has 3 heteroatoms. The molecule has 18 heavy (non-hydrogen) atoms. The van der Waals surface area contributed by atoms with Gasteiger partial charge >= 0.3 is 0 Å². The standard InChI is InChI=1S/C15H29N3/c1-15(12-16,10-13-5-6-13)18-9-3-8-17-7-2-4-14(17)11-18/h13-14H,2-12,16H2,1H3. The summed E-state index contributed by atoms with van der Waals surface area (Å²) < 4.78 is 0. The van der Waals surface area contributed by atoms with E-state index in [0.29, 0.717) is 0 Å². The summed E-state index contributed by atoms with van der Waals surface area (Å²) in [6.07, 6.45) is 8.35. The second-order valence-corrected chi connectivity index (χ2v) is 6.98. The number of hydrogen-bond donors (Lipinski definition) is 1. The lowest BCUT2D eigenvalue weighted by Gasteiger charge is -2.41. The van der Waals surface area contributed by atoms with Gasteiger partial charge in [-0.2, -0.15) is 0 Å². The van der Waals surface area contributed by atoms with E-state index in [1.54, 1.807) is 0 Å². The van der Waals surface area contributed by atoms with Gasteiger partial charge in [-0.05, 0) is 51.6 Å². The van der Waals surface area contributed by atoms with Crippen LogP contribution in [0, 0.1) is 5.92 Å². The maximum absolute atomic E-state index is 6.15.